The number of ether oxygens (including phenoxy) is 1. The average Bonchev–Trinajstić information content (AvgIpc) is 3.31. The summed E-state index contributed by atoms with van der Waals surface area (Å²) in [6, 6.07) is 16.8. The number of aliphatic imine (C=N–C) groups is 1. The van der Waals surface area contributed by atoms with Crippen molar-refractivity contribution in [2.24, 2.45) is 10.7 Å². The summed E-state index contributed by atoms with van der Waals surface area (Å²) >= 11 is 0. The molecule has 4 rings (SSSR count). The van der Waals surface area contributed by atoms with Gasteiger partial charge in [-0.25, -0.2) is 4.39 Å². The maximum atomic E-state index is 14.7. The molecule has 7 heteroatoms. The first kappa shape index (κ1) is 22.0. The number of hydrogen-bond donors (Lipinski definition) is 1. The molecule has 168 valence electrons. The summed E-state index contributed by atoms with van der Waals surface area (Å²) in [5.74, 6) is 0.966. The zero-order chi connectivity index (χ0) is 22.3. The Morgan fingerprint density at radius 3 is 2.69 bits per heavy atom. The Balaban J connectivity index is 1.33. The highest BCUT2D eigenvalue weighted by Crippen LogP contribution is 2.29. The Labute approximate surface area is 187 Å². The number of nitrogens with two attached hydrogens (primary N) is 1. The topological polar surface area (TPSA) is 76.9 Å². The molecule has 2 N–H and O–H groups in total. The Kier molecular flexibility index (Phi) is 7.17. The van der Waals surface area contributed by atoms with E-state index >= 15 is 0 Å². The van der Waals surface area contributed by atoms with E-state index in [-0.39, 0.29) is 11.7 Å². The number of halogens is 1. The van der Waals surface area contributed by atoms with Gasteiger partial charge in [0.05, 0.1) is 18.9 Å². The molecule has 32 heavy (non-hydrogen) atoms. The molecular weight excluding hydrogens is 407 g/mol. The molecule has 1 aliphatic heterocycles. The van der Waals surface area contributed by atoms with Crippen LogP contribution in [0.2, 0.25) is 0 Å². The van der Waals surface area contributed by atoms with Gasteiger partial charge in [0.15, 0.2) is 5.96 Å². The number of hydrogen-bond acceptors (Lipinski definition) is 4. The number of rotatable bonds is 7. The zero-order valence-electron chi connectivity index (χ0n) is 18.3. The van der Waals surface area contributed by atoms with E-state index in [0.717, 1.165) is 48.5 Å². The molecule has 1 saturated heterocycles. The maximum absolute atomic E-state index is 14.7. The van der Waals surface area contributed by atoms with Crippen LogP contribution >= 0.6 is 0 Å². The SMILES string of the molecule is CC(c1ccc(-c2ccccc2)c(F)c1)c1cc(CCC/N=C(\N)N2CCOCC2)no1. The summed E-state index contributed by atoms with van der Waals surface area (Å²) in [6.45, 7) is 5.57. The van der Waals surface area contributed by atoms with Crippen LogP contribution in [0.1, 0.15) is 36.3 Å². The van der Waals surface area contributed by atoms with Crippen molar-refractivity contribution < 1.29 is 13.7 Å². The predicted octanol–water partition coefficient (Wildman–Crippen LogP) is 4.21. The van der Waals surface area contributed by atoms with E-state index in [2.05, 4.69) is 10.1 Å². The lowest BCUT2D eigenvalue weighted by Crippen LogP contribution is -2.44. The Morgan fingerprint density at radius 1 is 1.16 bits per heavy atom. The predicted molar refractivity (Wildman–Crippen MR) is 123 cm³/mol. The minimum absolute atomic E-state index is 0.0921. The Morgan fingerprint density at radius 2 is 1.94 bits per heavy atom. The number of morpholine rings is 1. The summed E-state index contributed by atoms with van der Waals surface area (Å²) in [5.41, 5.74) is 9.23. The van der Waals surface area contributed by atoms with Gasteiger partial charge in [-0.3, -0.25) is 4.99 Å². The van der Waals surface area contributed by atoms with E-state index in [0.29, 0.717) is 31.3 Å². The molecule has 1 fully saturated rings. The van der Waals surface area contributed by atoms with Crippen molar-refractivity contribution in [2.45, 2.75) is 25.7 Å². The lowest BCUT2D eigenvalue weighted by Gasteiger charge is -2.27. The molecule has 2 aromatic carbocycles. The zero-order valence-corrected chi connectivity index (χ0v) is 18.3. The monoisotopic (exact) mass is 436 g/mol. The van der Waals surface area contributed by atoms with Crippen LogP contribution in [-0.4, -0.2) is 48.9 Å². The van der Waals surface area contributed by atoms with Crippen LogP contribution in [0.3, 0.4) is 0 Å². The molecule has 0 spiro atoms. The molecule has 0 aliphatic carbocycles. The fourth-order valence-electron chi connectivity index (χ4n) is 3.81. The van der Waals surface area contributed by atoms with E-state index in [1.54, 1.807) is 6.07 Å². The van der Waals surface area contributed by atoms with Crippen LogP contribution in [0.15, 0.2) is 64.1 Å². The third kappa shape index (κ3) is 5.34. The molecule has 1 aromatic heterocycles. The second-order valence-corrected chi connectivity index (χ2v) is 7.99. The number of guanidine groups is 1. The molecule has 1 aliphatic rings. The fourth-order valence-corrected chi connectivity index (χ4v) is 3.81. The first-order chi connectivity index (χ1) is 15.6. The van der Waals surface area contributed by atoms with Gasteiger partial charge in [0.2, 0.25) is 0 Å². The largest absolute Gasteiger partial charge is 0.378 e. The molecule has 0 bridgehead atoms. The molecule has 3 aromatic rings. The molecule has 0 radical (unpaired) electrons. The van der Waals surface area contributed by atoms with Crippen molar-refractivity contribution in [3.8, 4) is 11.1 Å². The van der Waals surface area contributed by atoms with Crippen molar-refractivity contribution in [1.82, 2.24) is 10.1 Å². The third-order valence-electron chi connectivity index (χ3n) is 5.78. The van der Waals surface area contributed by atoms with E-state index in [1.165, 1.54) is 0 Å². The van der Waals surface area contributed by atoms with Gasteiger partial charge in [0, 0.05) is 37.2 Å². The lowest BCUT2D eigenvalue weighted by atomic mass is 9.95. The molecule has 1 atom stereocenters. The Bertz CT molecular complexity index is 1050. The molecule has 1 unspecified atom stereocenters. The van der Waals surface area contributed by atoms with Crippen molar-refractivity contribution in [2.75, 3.05) is 32.8 Å². The van der Waals surface area contributed by atoms with E-state index in [4.69, 9.17) is 15.0 Å². The van der Waals surface area contributed by atoms with E-state index < -0.39 is 0 Å². The van der Waals surface area contributed by atoms with Gasteiger partial charge >= 0.3 is 0 Å². The molecule has 2 heterocycles. The van der Waals surface area contributed by atoms with E-state index in [1.807, 2.05) is 60.4 Å². The van der Waals surface area contributed by atoms with Crippen LogP contribution in [0, 0.1) is 5.82 Å². The summed E-state index contributed by atoms with van der Waals surface area (Å²) in [5, 5.41) is 4.18. The molecule has 0 saturated carbocycles. The van der Waals surface area contributed by atoms with Crippen molar-refractivity contribution >= 4 is 5.96 Å². The normalized spacial score (nSPS) is 15.7. The minimum Gasteiger partial charge on any atom is -0.378 e. The number of aromatic nitrogens is 1. The van der Waals surface area contributed by atoms with Gasteiger partial charge in [-0.1, -0.05) is 54.5 Å². The second-order valence-electron chi connectivity index (χ2n) is 7.99. The first-order valence-electron chi connectivity index (χ1n) is 11.0. The summed E-state index contributed by atoms with van der Waals surface area (Å²) in [4.78, 5) is 6.50. The van der Waals surface area contributed by atoms with Gasteiger partial charge < -0.3 is 19.9 Å². The van der Waals surface area contributed by atoms with Crippen LogP contribution in [-0.2, 0) is 11.2 Å². The van der Waals surface area contributed by atoms with E-state index in [9.17, 15) is 4.39 Å². The highest BCUT2D eigenvalue weighted by Gasteiger charge is 2.17. The minimum atomic E-state index is -0.240. The maximum Gasteiger partial charge on any atom is 0.191 e. The summed E-state index contributed by atoms with van der Waals surface area (Å²) in [7, 11) is 0. The summed E-state index contributed by atoms with van der Waals surface area (Å²) < 4.78 is 25.6. The van der Waals surface area contributed by atoms with Gasteiger partial charge in [-0.2, -0.15) is 0 Å². The summed E-state index contributed by atoms with van der Waals surface area (Å²) in [6.07, 6.45) is 1.57. The molecule has 6 nitrogen and oxygen atoms in total. The average molecular weight is 437 g/mol. The smallest absolute Gasteiger partial charge is 0.191 e. The van der Waals surface area contributed by atoms with Crippen molar-refractivity contribution in [3.63, 3.8) is 0 Å². The highest BCUT2D eigenvalue weighted by molar-refractivity contribution is 5.78. The number of benzene rings is 2. The van der Waals surface area contributed by atoms with Gasteiger partial charge in [-0.05, 0) is 30.0 Å². The molecular formula is C25H29FN4O2. The van der Waals surface area contributed by atoms with Crippen LogP contribution in [0.4, 0.5) is 4.39 Å². The molecule has 0 amide bonds. The van der Waals surface area contributed by atoms with Gasteiger partial charge in [-0.15, -0.1) is 0 Å². The third-order valence-corrected chi connectivity index (χ3v) is 5.78. The quantitative estimate of drug-likeness (QED) is 0.341. The van der Waals surface area contributed by atoms with Crippen molar-refractivity contribution in [3.05, 3.63) is 77.4 Å². The fraction of sp³-hybridized carbons (Fsp3) is 0.360. The first-order valence-corrected chi connectivity index (χ1v) is 11.0. The van der Waals surface area contributed by atoms with Crippen molar-refractivity contribution in [1.29, 1.82) is 0 Å². The second kappa shape index (κ2) is 10.4. The van der Waals surface area contributed by atoms with Crippen LogP contribution < -0.4 is 5.73 Å². The number of aryl methyl sites for hydroxylation is 1. The van der Waals surface area contributed by atoms with Crippen LogP contribution in [0.5, 0.6) is 0 Å². The van der Waals surface area contributed by atoms with Crippen LogP contribution in [0.25, 0.3) is 11.1 Å². The standard InChI is InChI=1S/C25H29FN4O2/c1-18(20-9-10-22(23(26)16-20)19-6-3-2-4-7-19)24-17-21(29-32-24)8-5-11-28-25(27)30-12-14-31-15-13-30/h2-4,6-7,9-10,16-18H,5,8,11-15H2,1H3,(H2,27,28). The van der Waals surface area contributed by atoms with Gasteiger partial charge in [0.1, 0.15) is 11.6 Å². The van der Waals surface area contributed by atoms with Gasteiger partial charge in [0.25, 0.3) is 0 Å². The number of nitrogens with zero attached hydrogens (tertiary/aromatic N) is 3. The lowest BCUT2D eigenvalue weighted by molar-refractivity contribution is 0.0674. The Hall–Kier alpha value is -3.19. The highest BCUT2D eigenvalue weighted by atomic mass is 19.1.